The van der Waals surface area contributed by atoms with Crippen LogP contribution in [0, 0.1) is 25.2 Å². The van der Waals surface area contributed by atoms with Gasteiger partial charge in [0.05, 0.1) is 24.7 Å². The number of aryl methyl sites for hydroxylation is 2. The van der Waals surface area contributed by atoms with Crippen LogP contribution in [-0.2, 0) is 22.6 Å². The maximum Gasteiger partial charge on any atom is 0.224 e. The van der Waals surface area contributed by atoms with Gasteiger partial charge in [0.15, 0.2) is 0 Å². The molecule has 2 rings (SSSR count). The van der Waals surface area contributed by atoms with Crippen molar-refractivity contribution in [3.8, 4) is 6.07 Å². The number of aromatic nitrogens is 2. The summed E-state index contributed by atoms with van der Waals surface area (Å²) in [6, 6.07) is 2.13. The van der Waals surface area contributed by atoms with Crippen LogP contribution >= 0.6 is 0 Å². The Morgan fingerprint density at radius 2 is 1.85 bits per heavy atom. The van der Waals surface area contributed by atoms with Gasteiger partial charge < -0.3 is 10.2 Å². The first-order valence-electron chi connectivity index (χ1n) is 9.97. The van der Waals surface area contributed by atoms with E-state index >= 15 is 0 Å². The highest BCUT2D eigenvalue weighted by Crippen LogP contribution is 2.15. The number of nitrogens with one attached hydrogen (secondary N) is 1. The molecule has 27 heavy (non-hydrogen) atoms. The number of rotatable bonds is 8. The van der Waals surface area contributed by atoms with E-state index in [1.807, 2.05) is 23.4 Å². The first-order chi connectivity index (χ1) is 13.0. The van der Waals surface area contributed by atoms with E-state index in [1.165, 1.54) is 12.8 Å². The van der Waals surface area contributed by atoms with Crippen molar-refractivity contribution in [1.82, 2.24) is 20.0 Å². The fraction of sp³-hybridized carbons (Fsp3) is 0.700. The van der Waals surface area contributed by atoms with E-state index in [1.54, 1.807) is 0 Å². The number of carbonyl (C=O) groups is 2. The summed E-state index contributed by atoms with van der Waals surface area (Å²) < 4.78 is 1.84. The molecule has 7 nitrogen and oxygen atoms in total. The van der Waals surface area contributed by atoms with E-state index < -0.39 is 0 Å². The Bertz CT molecular complexity index is 681. The third-order valence-electron chi connectivity index (χ3n) is 5.19. The molecule has 0 spiro atoms. The van der Waals surface area contributed by atoms with Crippen LogP contribution in [0.1, 0.15) is 61.9 Å². The summed E-state index contributed by atoms with van der Waals surface area (Å²) >= 11 is 0. The lowest BCUT2D eigenvalue weighted by atomic mass is 10.1. The van der Waals surface area contributed by atoms with Crippen LogP contribution in [0.4, 0.5) is 0 Å². The number of amides is 2. The van der Waals surface area contributed by atoms with Crippen LogP contribution in [0.3, 0.4) is 0 Å². The molecular weight excluding hydrogens is 342 g/mol. The third kappa shape index (κ3) is 6.38. The average Bonchev–Trinajstić information content (AvgIpc) is 2.85. The Morgan fingerprint density at radius 3 is 2.52 bits per heavy atom. The molecule has 1 aliphatic heterocycles. The fourth-order valence-corrected chi connectivity index (χ4v) is 3.58. The SMILES string of the molecule is Cc1nn(CCC#N)c(C)c1CCC(=O)NCCC(=O)N1CCCCCC1. The summed E-state index contributed by atoms with van der Waals surface area (Å²) in [4.78, 5) is 26.3. The number of nitrogens with zero attached hydrogens (tertiary/aromatic N) is 4. The molecule has 1 N–H and O–H groups in total. The minimum atomic E-state index is -0.0396. The minimum Gasteiger partial charge on any atom is -0.356 e. The van der Waals surface area contributed by atoms with Gasteiger partial charge in [-0.3, -0.25) is 14.3 Å². The molecule has 0 saturated carbocycles. The van der Waals surface area contributed by atoms with E-state index in [0.29, 0.717) is 38.8 Å². The zero-order chi connectivity index (χ0) is 19.6. The molecule has 0 atom stereocenters. The Hall–Kier alpha value is -2.36. The summed E-state index contributed by atoms with van der Waals surface area (Å²) in [6.45, 7) is 6.58. The van der Waals surface area contributed by atoms with Gasteiger partial charge in [0.25, 0.3) is 0 Å². The van der Waals surface area contributed by atoms with E-state index in [0.717, 1.165) is 42.9 Å². The molecule has 7 heteroatoms. The van der Waals surface area contributed by atoms with E-state index in [-0.39, 0.29) is 11.8 Å². The highest BCUT2D eigenvalue weighted by atomic mass is 16.2. The summed E-state index contributed by atoms with van der Waals surface area (Å²) in [5.74, 6) is 0.102. The number of hydrogen-bond donors (Lipinski definition) is 1. The second kappa shape index (κ2) is 10.7. The Kier molecular flexibility index (Phi) is 8.31. The van der Waals surface area contributed by atoms with Crippen molar-refractivity contribution in [3.63, 3.8) is 0 Å². The summed E-state index contributed by atoms with van der Waals surface area (Å²) in [7, 11) is 0. The molecule has 0 aromatic carbocycles. The zero-order valence-electron chi connectivity index (χ0n) is 16.6. The van der Waals surface area contributed by atoms with Crippen LogP contribution in [-0.4, -0.2) is 46.1 Å². The summed E-state index contributed by atoms with van der Waals surface area (Å²) in [5, 5.41) is 16.0. The molecule has 0 bridgehead atoms. The molecule has 0 aliphatic carbocycles. The molecule has 2 amide bonds. The minimum absolute atomic E-state index is 0.0396. The fourth-order valence-electron chi connectivity index (χ4n) is 3.58. The van der Waals surface area contributed by atoms with Crippen molar-refractivity contribution in [3.05, 3.63) is 17.0 Å². The van der Waals surface area contributed by atoms with Crippen molar-refractivity contribution >= 4 is 11.8 Å². The molecule has 2 heterocycles. The number of nitriles is 1. The van der Waals surface area contributed by atoms with E-state index in [4.69, 9.17) is 5.26 Å². The molecule has 0 radical (unpaired) electrons. The van der Waals surface area contributed by atoms with Crippen molar-refractivity contribution < 1.29 is 9.59 Å². The molecule has 1 aliphatic rings. The second-order valence-electron chi connectivity index (χ2n) is 7.18. The molecule has 1 aromatic rings. The quantitative estimate of drug-likeness (QED) is 0.757. The zero-order valence-corrected chi connectivity index (χ0v) is 16.6. The first kappa shape index (κ1) is 20.9. The Labute approximate surface area is 161 Å². The topological polar surface area (TPSA) is 91.0 Å². The van der Waals surface area contributed by atoms with E-state index in [2.05, 4.69) is 16.5 Å². The van der Waals surface area contributed by atoms with Crippen molar-refractivity contribution in [2.24, 2.45) is 0 Å². The number of carbonyl (C=O) groups excluding carboxylic acids is 2. The van der Waals surface area contributed by atoms with Crippen LogP contribution in [0.25, 0.3) is 0 Å². The van der Waals surface area contributed by atoms with Gasteiger partial charge in [-0.15, -0.1) is 0 Å². The smallest absolute Gasteiger partial charge is 0.224 e. The van der Waals surface area contributed by atoms with Crippen molar-refractivity contribution in [2.45, 2.75) is 71.8 Å². The lowest BCUT2D eigenvalue weighted by Crippen LogP contribution is -2.35. The average molecular weight is 374 g/mol. The Morgan fingerprint density at radius 1 is 1.15 bits per heavy atom. The summed E-state index contributed by atoms with van der Waals surface area (Å²) in [5.41, 5.74) is 3.00. The lowest BCUT2D eigenvalue weighted by Gasteiger charge is -2.20. The largest absolute Gasteiger partial charge is 0.356 e. The molecule has 1 saturated heterocycles. The molecule has 148 valence electrons. The van der Waals surface area contributed by atoms with E-state index in [9.17, 15) is 9.59 Å². The first-order valence-corrected chi connectivity index (χ1v) is 9.97. The standard InChI is InChI=1S/C20H31N5O2/c1-16-18(17(2)25(23-16)15-7-11-21)8-9-19(26)22-12-10-20(27)24-13-5-3-4-6-14-24/h3-10,12-15H2,1-2H3,(H,22,26). The predicted molar refractivity (Wildman–Crippen MR) is 103 cm³/mol. The van der Waals surface area contributed by atoms with Crippen LogP contribution in [0.5, 0.6) is 0 Å². The van der Waals surface area contributed by atoms with Crippen LogP contribution < -0.4 is 5.32 Å². The van der Waals surface area contributed by atoms with Gasteiger partial charge in [0, 0.05) is 38.2 Å². The molecule has 1 aromatic heterocycles. The monoisotopic (exact) mass is 373 g/mol. The van der Waals surface area contributed by atoms with Gasteiger partial charge in [0.1, 0.15) is 0 Å². The van der Waals surface area contributed by atoms with Crippen molar-refractivity contribution in [2.75, 3.05) is 19.6 Å². The van der Waals surface area contributed by atoms with Gasteiger partial charge in [-0.2, -0.15) is 10.4 Å². The number of hydrogen-bond acceptors (Lipinski definition) is 4. The van der Waals surface area contributed by atoms with Gasteiger partial charge in [0.2, 0.25) is 11.8 Å². The van der Waals surface area contributed by atoms with Gasteiger partial charge in [-0.05, 0) is 38.7 Å². The predicted octanol–water partition coefficient (Wildman–Crippen LogP) is 2.26. The van der Waals surface area contributed by atoms with Gasteiger partial charge >= 0.3 is 0 Å². The summed E-state index contributed by atoms with van der Waals surface area (Å²) in [6.07, 6.45) is 6.36. The maximum absolute atomic E-state index is 12.2. The molecular formula is C20H31N5O2. The second-order valence-corrected chi connectivity index (χ2v) is 7.18. The molecule has 0 unspecified atom stereocenters. The highest BCUT2D eigenvalue weighted by molar-refractivity contribution is 5.79. The highest BCUT2D eigenvalue weighted by Gasteiger charge is 2.16. The Balaban J connectivity index is 1.72. The van der Waals surface area contributed by atoms with Crippen LogP contribution in [0.15, 0.2) is 0 Å². The molecule has 1 fully saturated rings. The van der Waals surface area contributed by atoms with Crippen LogP contribution in [0.2, 0.25) is 0 Å². The maximum atomic E-state index is 12.2. The normalized spacial score (nSPS) is 14.5. The van der Waals surface area contributed by atoms with Crippen molar-refractivity contribution in [1.29, 1.82) is 5.26 Å². The lowest BCUT2D eigenvalue weighted by molar-refractivity contribution is -0.131. The van der Waals surface area contributed by atoms with Gasteiger partial charge in [-0.25, -0.2) is 0 Å². The number of likely N-dealkylation sites (tertiary alicyclic amines) is 1. The third-order valence-corrected chi connectivity index (χ3v) is 5.19. The van der Waals surface area contributed by atoms with Gasteiger partial charge in [-0.1, -0.05) is 12.8 Å².